The van der Waals surface area contributed by atoms with Gasteiger partial charge in [0.2, 0.25) is 5.91 Å². The number of nitrogens with zero attached hydrogens (tertiary/aromatic N) is 1. The van der Waals surface area contributed by atoms with Crippen LogP contribution in [-0.2, 0) is 11.0 Å². The van der Waals surface area contributed by atoms with Crippen molar-refractivity contribution in [2.75, 3.05) is 23.3 Å². The molecule has 130 valence electrons. The summed E-state index contributed by atoms with van der Waals surface area (Å²) in [7, 11) is 0. The normalized spacial score (nSPS) is 20.6. The van der Waals surface area contributed by atoms with Crippen LogP contribution in [-0.4, -0.2) is 19.0 Å². The summed E-state index contributed by atoms with van der Waals surface area (Å²) in [5.41, 5.74) is 0.205. The van der Waals surface area contributed by atoms with Crippen molar-refractivity contribution < 1.29 is 18.0 Å². The van der Waals surface area contributed by atoms with Gasteiger partial charge in [0.15, 0.2) is 0 Å². The highest BCUT2D eigenvalue weighted by Gasteiger charge is 2.32. The predicted octanol–water partition coefficient (Wildman–Crippen LogP) is 4.60. The minimum absolute atomic E-state index is 0.186. The summed E-state index contributed by atoms with van der Waals surface area (Å²) in [5, 5.41) is 2.71. The third-order valence-corrected chi connectivity index (χ3v) is 4.60. The predicted molar refractivity (Wildman–Crippen MR) is 88.0 cm³/mol. The zero-order valence-corrected chi connectivity index (χ0v) is 13.4. The molecule has 0 bridgehead atoms. The first-order valence-corrected chi connectivity index (χ1v) is 8.36. The van der Waals surface area contributed by atoms with E-state index in [-0.39, 0.29) is 17.5 Å². The molecule has 0 aromatic heterocycles. The van der Waals surface area contributed by atoms with Gasteiger partial charge in [-0.15, -0.1) is 0 Å². The average molecular weight is 338 g/mol. The Balaban J connectivity index is 1.81. The van der Waals surface area contributed by atoms with E-state index in [4.69, 9.17) is 0 Å². The van der Waals surface area contributed by atoms with E-state index in [1.807, 2.05) is 17.1 Å². The molecule has 1 atom stereocenters. The van der Waals surface area contributed by atoms with Gasteiger partial charge in [-0.3, -0.25) is 4.79 Å². The summed E-state index contributed by atoms with van der Waals surface area (Å²) in [6, 6.07) is 3.61. The second-order valence-electron chi connectivity index (χ2n) is 6.44. The number of halogens is 3. The zero-order valence-electron chi connectivity index (χ0n) is 13.4. The second kappa shape index (κ2) is 6.87. The smallest absolute Gasteiger partial charge is 0.370 e. The monoisotopic (exact) mass is 338 g/mol. The number of amides is 1. The van der Waals surface area contributed by atoms with Crippen LogP contribution >= 0.6 is 0 Å². The fourth-order valence-electron chi connectivity index (χ4n) is 3.35. The first kappa shape index (κ1) is 16.9. The summed E-state index contributed by atoms with van der Waals surface area (Å²) in [6.07, 6.45) is 3.85. The lowest BCUT2D eigenvalue weighted by Crippen LogP contribution is -2.22. The maximum absolute atomic E-state index is 13.0. The number of alkyl halides is 3. The standard InChI is InChI=1S/C18H21F3N2O/c19-18(20,21)14-7-8-16(23-9-3-4-10-23)15(12-14)22-17(24)11-13-5-1-2-6-13/h1,5,7-8,12-13H,2-4,6,9-11H2,(H,22,24). The van der Waals surface area contributed by atoms with Crippen molar-refractivity contribution in [3.8, 4) is 0 Å². The fraction of sp³-hybridized carbons (Fsp3) is 0.500. The van der Waals surface area contributed by atoms with Gasteiger partial charge in [-0.1, -0.05) is 12.2 Å². The van der Waals surface area contributed by atoms with Crippen molar-refractivity contribution >= 4 is 17.3 Å². The van der Waals surface area contributed by atoms with E-state index in [0.717, 1.165) is 50.9 Å². The van der Waals surface area contributed by atoms with Gasteiger partial charge in [-0.2, -0.15) is 13.2 Å². The molecule has 1 fully saturated rings. The van der Waals surface area contributed by atoms with E-state index in [1.54, 1.807) is 0 Å². The van der Waals surface area contributed by atoms with Crippen LogP contribution in [0.2, 0.25) is 0 Å². The Hall–Kier alpha value is -1.98. The largest absolute Gasteiger partial charge is 0.416 e. The van der Waals surface area contributed by atoms with E-state index in [2.05, 4.69) is 5.32 Å². The Morgan fingerprint density at radius 3 is 2.62 bits per heavy atom. The molecular formula is C18H21F3N2O. The first-order chi connectivity index (χ1) is 11.4. The van der Waals surface area contributed by atoms with Gasteiger partial charge in [0, 0.05) is 19.5 Å². The first-order valence-electron chi connectivity index (χ1n) is 8.36. The molecule has 24 heavy (non-hydrogen) atoms. The fourth-order valence-corrected chi connectivity index (χ4v) is 3.35. The molecule has 0 radical (unpaired) electrons. The van der Waals surface area contributed by atoms with E-state index in [0.29, 0.717) is 12.1 Å². The van der Waals surface area contributed by atoms with Gasteiger partial charge in [-0.05, 0) is 49.8 Å². The summed E-state index contributed by atoms with van der Waals surface area (Å²) >= 11 is 0. The highest BCUT2D eigenvalue weighted by molar-refractivity contribution is 5.95. The lowest BCUT2D eigenvalue weighted by atomic mass is 10.0. The molecule has 0 saturated carbocycles. The van der Waals surface area contributed by atoms with Gasteiger partial charge in [0.1, 0.15) is 0 Å². The van der Waals surface area contributed by atoms with Crippen molar-refractivity contribution in [1.82, 2.24) is 0 Å². The molecule has 1 saturated heterocycles. The molecule has 6 heteroatoms. The lowest BCUT2D eigenvalue weighted by molar-refractivity contribution is -0.137. The van der Waals surface area contributed by atoms with Crippen molar-refractivity contribution in [2.24, 2.45) is 5.92 Å². The quantitative estimate of drug-likeness (QED) is 0.814. The minimum Gasteiger partial charge on any atom is -0.370 e. The molecule has 1 aromatic rings. The van der Waals surface area contributed by atoms with Crippen LogP contribution < -0.4 is 10.2 Å². The number of hydrogen-bond acceptors (Lipinski definition) is 2. The van der Waals surface area contributed by atoms with Crippen LogP contribution in [0.5, 0.6) is 0 Å². The molecule has 1 aromatic carbocycles. The molecule has 1 amide bonds. The molecule has 0 spiro atoms. The van der Waals surface area contributed by atoms with Crippen LogP contribution in [0.25, 0.3) is 0 Å². The highest BCUT2D eigenvalue weighted by atomic mass is 19.4. The summed E-state index contributed by atoms with van der Waals surface area (Å²) < 4.78 is 39.0. The number of rotatable bonds is 4. The molecule has 1 unspecified atom stereocenters. The van der Waals surface area contributed by atoms with Crippen molar-refractivity contribution in [2.45, 2.75) is 38.3 Å². The van der Waals surface area contributed by atoms with Gasteiger partial charge < -0.3 is 10.2 Å². The van der Waals surface area contributed by atoms with Gasteiger partial charge in [0.05, 0.1) is 16.9 Å². The maximum atomic E-state index is 13.0. The van der Waals surface area contributed by atoms with Gasteiger partial charge in [-0.25, -0.2) is 0 Å². The Morgan fingerprint density at radius 2 is 2.00 bits per heavy atom. The van der Waals surface area contributed by atoms with Crippen LogP contribution in [0.4, 0.5) is 24.5 Å². The third-order valence-electron chi connectivity index (χ3n) is 4.60. The van der Waals surface area contributed by atoms with Crippen LogP contribution in [0, 0.1) is 5.92 Å². The molecule has 1 N–H and O–H groups in total. The topological polar surface area (TPSA) is 32.3 Å². The van der Waals surface area contributed by atoms with Crippen LogP contribution in [0.15, 0.2) is 30.4 Å². The Morgan fingerprint density at radius 1 is 1.25 bits per heavy atom. The minimum atomic E-state index is -4.42. The maximum Gasteiger partial charge on any atom is 0.416 e. The zero-order chi connectivity index (χ0) is 17.2. The van der Waals surface area contributed by atoms with Gasteiger partial charge in [0.25, 0.3) is 0 Å². The number of anilines is 2. The lowest BCUT2D eigenvalue weighted by Gasteiger charge is -2.23. The van der Waals surface area contributed by atoms with Crippen LogP contribution in [0.1, 0.15) is 37.7 Å². The highest BCUT2D eigenvalue weighted by Crippen LogP contribution is 2.36. The average Bonchev–Trinajstić information content (AvgIpc) is 3.19. The molecule has 3 nitrogen and oxygen atoms in total. The molecule has 1 aliphatic carbocycles. The Kier molecular flexibility index (Phi) is 4.83. The van der Waals surface area contributed by atoms with E-state index in [9.17, 15) is 18.0 Å². The number of hydrogen-bond donors (Lipinski definition) is 1. The Bertz CT molecular complexity index is 634. The molecule has 3 rings (SSSR count). The number of carbonyl (C=O) groups is 1. The van der Waals surface area contributed by atoms with Crippen molar-refractivity contribution in [3.05, 3.63) is 35.9 Å². The molecule has 1 heterocycles. The summed E-state index contributed by atoms with van der Waals surface area (Å²) in [4.78, 5) is 14.3. The van der Waals surface area contributed by atoms with E-state index in [1.165, 1.54) is 6.07 Å². The number of carbonyl (C=O) groups excluding carboxylic acids is 1. The number of nitrogens with one attached hydrogen (secondary N) is 1. The molecular weight excluding hydrogens is 317 g/mol. The van der Waals surface area contributed by atoms with Crippen molar-refractivity contribution in [1.29, 1.82) is 0 Å². The van der Waals surface area contributed by atoms with Crippen molar-refractivity contribution in [3.63, 3.8) is 0 Å². The SMILES string of the molecule is O=C(CC1C=CCC1)Nc1cc(C(F)(F)F)ccc1N1CCCC1. The Labute approximate surface area is 139 Å². The molecule has 1 aliphatic heterocycles. The number of benzene rings is 1. The summed E-state index contributed by atoms with van der Waals surface area (Å²) in [5.74, 6) is -0.0441. The van der Waals surface area contributed by atoms with E-state index >= 15 is 0 Å². The number of allylic oxidation sites excluding steroid dienone is 2. The third kappa shape index (κ3) is 3.91. The second-order valence-corrected chi connectivity index (χ2v) is 6.44. The van der Waals surface area contributed by atoms with Crippen LogP contribution in [0.3, 0.4) is 0 Å². The summed E-state index contributed by atoms with van der Waals surface area (Å²) in [6.45, 7) is 1.61. The van der Waals surface area contributed by atoms with E-state index < -0.39 is 11.7 Å². The molecule has 2 aliphatic rings. The van der Waals surface area contributed by atoms with Gasteiger partial charge >= 0.3 is 6.18 Å².